The third-order valence-corrected chi connectivity index (χ3v) is 7.55. The van der Waals surface area contributed by atoms with E-state index in [2.05, 4.69) is 15.6 Å². The van der Waals surface area contributed by atoms with Crippen LogP contribution in [0, 0.1) is 0 Å². The zero-order valence-corrected chi connectivity index (χ0v) is 24.0. The van der Waals surface area contributed by atoms with Gasteiger partial charge in [0.1, 0.15) is 42.8 Å². The zero-order valence-electron chi connectivity index (χ0n) is 24.0. The highest BCUT2D eigenvalue weighted by Crippen LogP contribution is 2.40. The standard InChI is InChI=1S/C31H33N5O7/c1-39-21-10-11-23(27(17-21)40-2)30(31(38)32-18-22-6-5-13-41-22)36(20-9-12-26-28(16-20)43-15-14-42-26)29(37)19-35-25-8-4-3-7-24(25)33-34-35/h3-4,7-12,16-17,22,30H,5-6,13-15,18-19H2,1-2H3,(H,32,38)/t22-,30+/m1/s1. The SMILES string of the molecule is COc1ccc([C@@H](C(=O)NC[C@H]2CCCO2)N(C(=O)Cn2nnc3ccccc32)c2ccc3c(c2)OCCO3)c(OC)c1. The molecule has 3 aromatic carbocycles. The lowest BCUT2D eigenvalue weighted by molar-refractivity contribution is -0.127. The first-order chi connectivity index (χ1) is 21.1. The largest absolute Gasteiger partial charge is 0.497 e. The van der Waals surface area contributed by atoms with Crippen molar-refractivity contribution in [3.8, 4) is 23.0 Å². The van der Waals surface area contributed by atoms with Crippen LogP contribution in [-0.2, 0) is 20.9 Å². The molecule has 2 aliphatic rings. The first-order valence-corrected chi connectivity index (χ1v) is 14.2. The molecule has 0 bridgehead atoms. The molecule has 0 saturated carbocycles. The van der Waals surface area contributed by atoms with E-state index in [9.17, 15) is 9.59 Å². The van der Waals surface area contributed by atoms with E-state index in [0.717, 1.165) is 12.8 Å². The van der Waals surface area contributed by atoms with Crippen LogP contribution in [0.3, 0.4) is 0 Å². The van der Waals surface area contributed by atoms with Crippen LogP contribution in [0.2, 0.25) is 0 Å². The molecular weight excluding hydrogens is 554 g/mol. The van der Waals surface area contributed by atoms with Gasteiger partial charge in [-0.2, -0.15) is 0 Å². The van der Waals surface area contributed by atoms with Gasteiger partial charge in [-0.05, 0) is 49.2 Å². The van der Waals surface area contributed by atoms with E-state index in [1.807, 2.05) is 24.3 Å². The predicted molar refractivity (Wildman–Crippen MR) is 157 cm³/mol. The van der Waals surface area contributed by atoms with Crippen LogP contribution >= 0.6 is 0 Å². The molecule has 3 heterocycles. The maximum atomic E-state index is 14.4. The van der Waals surface area contributed by atoms with Gasteiger partial charge in [-0.1, -0.05) is 17.3 Å². The number of fused-ring (bicyclic) bond motifs is 2. The van der Waals surface area contributed by atoms with E-state index >= 15 is 0 Å². The molecule has 0 spiro atoms. The maximum absolute atomic E-state index is 14.4. The molecule has 12 nitrogen and oxygen atoms in total. The Morgan fingerprint density at radius 2 is 1.86 bits per heavy atom. The molecule has 0 unspecified atom stereocenters. The fraction of sp³-hybridized carbons (Fsp3) is 0.355. The number of rotatable bonds is 10. The molecule has 6 rings (SSSR count). The normalized spacial score (nSPS) is 16.5. The van der Waals surface area contributed by atoms with Crippen molar-refractivity contribution in [1.82, 2.24) is 20.3 Å². The first kappa shape index (κ1) is 28.3. The monoisotopic (exact) mass is 587 g/mol. The number of aromatic nitrogens is 3. The highest BCUT2D eigenvalue weighted by molar-refractivity contribution is 6.02. The summed E-state index contributed by atoms with van der Waals surface area (Å²) in [6.07, 6.45) is 1.69. The van der Waals surface area contributed by atoms with Crippen molar-refractivity contribution in [2.75, 3.05) is 45.5 Å². The Balaban J connectivity index is 1.45. The van der Waals surface area contributed by atoms with E-state index in [1.54, 1.807) is 43.5 Å². The molecule has 1 N–H and O–H groups in total. The van der Waals surface area contributed by atoms with Gasteiger partial charge in [0, 0.05) is 36.5 Å². The van der Waals surface area contributed by atoms with Crippen molar-refractivity contribution in [3.63, 3.8) is 0 Å². The van der Waals surface area contributed by atoms with Gasteiger partial charge in [-0.25, -0.2) is 4.68 Å². The van der Waals surface area contributed by atoms with E-state index in [1.165, 1.54) is 16.7 Å². The molecule has 4 aromatic rings. The number of hydrogen-bond donors (Lipinski definition) is 1. The van der Waals surface area contributed by atoms with Gasteiger partial charge in [-0.15, -0.1) is 5.10 Å². The Morgan fingerprint density at radius 3 is 2.65 bits per heavy atom. The number of carbonyl (C=O) groups is 2. The number of benzene rings is 3. The van der Waals surface area contributed by atoms with Gasteiger partial charge < -0.3 is 29.0 Å². The van der Waals surface area contributed by atoms with E-state index in [4.69, 9.17) is 23.7 Å². The average Bonchev–Trinajstić information content (AvgIpc) is 3.72. The van der Waals surface area contributed by atoms with Crippen LogP contribution < -0.4 is 29.2 Å². The molecule has 224 valence electrons. The number of amides is 2. The van der Waals surface area contributed by atoms with E-state index in [-0.39, 0.29) is 12.6 Å². The molecule has 1 fully saturated rings. The van der Waals surface area contributed by atoms with Crippen molar-refractivity contribution in [2.45, 2.75) is 31.5 Å². The summed E-state index contributed by atoms with van der Waals surface area (Å²) < 4.78 is 30.0. The van der Waals surface area contributed by atoms with Gasteiger partial charge in [0.25, 0.3) is 0 Å². The fourth-order valence-corrected chi connectivity index (χ4v) is 5.42. The highest BCUT2D eigenvalue weighted by atomic mass is 16.6. The fourth-order valence-electron chi connectivity index (χ4n) is 5.42. The second-order valence-corrected chi connectivity index (χ2v) is 10.2. The molecule has 2 atom stereocenters. The molecule has 2 amide bonds. The smallest absolute Gasteiger partial charge is 0.249 e. The summed E-state index contributed by atoms with van der Waals surface area (Å²) in [5.41, 5.74) is 2.26. The molecular formula is C31H33N5O7. The van der Waals surface area contributed by atoms with Gasteiger partial charge in [-0.3, -0.25) is 14.5 Å². The zero-order chi connectivity index (χ0) is 29.8. The van der Waals surface area contributed by atoms with Crippen LogP contribution in [0.25, 0.3) is 11.0 Å². The quantitative estimate of drug-likeness (QED) is 0.297. The molecule has 2 aliphatic heterocycles. The third-order valence-electron chi connectivity index (χ3n) is 7.55. The van der Waals surface area contributed by atoms with Crippen LogP contribution in [0.15, 0.2) is 60.7 Å². The third kappa shape index (κ3) is 5.91. The topological polar surface area (TPSA) is 126 Å². The van der Waals surface area contributed by atoms with Gasteiger partial charge in [0.15, 0.2) is 11.5 Å². The molecule has 12 heteroatoms. The average molecular weight is 588 g/mol. The van der Waals surface area contributed by atoms with Crippen molar-refractivity contribution in [2.24, 2.45) is 0 Å². The van der Waals surface area contributed by atoms with Gasteiger partial charge in [0.05, 0.1) is 25.8 Å². The molecule has 1 aromatic heterocycles. The van der Waals surface area contributed by atoms with Crippen LogP contribution in [0.5, 0.6) is 23.0 Å². The Kier molecular flexibility index (Phi) is 8.27. The molecule has 0 radical (unpaired) electrons. The van der Waals surface area contributed by atoms with Crippen LogP contribution in [-0.4, -0.2) is 73.5 Å². The van der Waals surface area contributed by atoms with Crippen molar-refractivity contribution >= 4 is 28.5 Å². The first-order valence-electron chi connectivity index (χ1n) is 14.2. The lowest BCUT2D eigenvalue weighted by atomic mass is 10.0. The van der Waals surface area contributed by atoms with Crippen LogP contribution in [0.1, 0.15) is 24.4 Å². The second kappa shape index (κ2) is 12.6. The number of nitrogens with one attached hydrogen (secondary N) is 1. The van der Waals surface area contributed by atoms with Gasteiger partial charge in [0.2, 0.25) is 11.8 Å². The Bertz CT molecular complexity index is 1620. The summed E-state index contributed by atoms with van der Waals surface area (Å²) in [4.78, 5) is 30.1. The Morgan fingerprint density at radius 1 is 1.02 bits per heavy atom. The summed E-state index contributed by atoms with van der Waals surface area (Å²) in [6.45, 7) is 1.58. The van der Waals surface area contributed by atoms with Crippen molar-refractivity contribution in [3.05, 3.63) is 66.2 Å². The van der Waals surface area contributed by atoms with Gasteiger partial charge >= 0.3 is 0 Å². The Labute approximate surface area is 248 Å². The second-order valence-electron chi connectivity index (χ2n) is 10.2. The van der Waals surface area contributed by atoms with E-state index in [0.29, 0.717) is 71.6 Å². The van der Waals surface area contributed by atoms with E-state index < -0.39 is 17.9 Å². The maximum Gasteiger partial charge on any atom is 0.249 e. The lowest BCUT2D eigenvalue weighted by Gasteiger charge is -2.33. The molecule has 1 saturated heterocycles. The highest BCUT2D eigenvalue weighted by Gasteiger charge is 2.36. The summed E-state index contributed by atoms with van der Waals surface area (Å²) in [6, 6.07) is 16.6. The lowest BCUT2D eigenvalue weighted by Crippen LogP contribution is -2.46. The minimum atomic E-state index is -1.13. The predicted octanol–water partition coefficient (Wildman–Crippen LogP) is 3.29. The van der Waals surface area contributed by atoms with Crippen molar-refractivity contribution in [1.29, 1.82) is 0 Å². The summed E-state index contributed by atoms with van der Waals surface area (Å²) in [7, 11) is 3.06. The number of ether oxygens (including phenoxy) is 5. The summed E-state index contributed by atoms with van der Waals surface area (Å²) >= 11 is 0. The van der Waals surface area contributed by atoms with Crippen molar-refractivity contribution < 1.29 is 33.3 Å². The molecule has 0 aliphatic carbocycles. The Hall–Kier alpha value is -4.84. The number of hydrogen-bond acceptors (Lipinski definition) is 9. The number of carbonyl (C=O) groups excluding carboxylic acids is 2. The molecule has 43 heavy (non-hydrogen) atoms. The number of anilines is 1. The number of methoxy groups -OCH3 is 2. The summed E-state index contributed by atoms with van der Waals surface area (Å²) in [5, 5.41) is 11.4. The number of para-hydroxylation sites is 1. The summed E-state index contributed by atoms with van der Waals surface area (Å²) in [5.74, 6) is 1.18. The number of nitrogens with zero attached hydrogens (tertiary/aromatic N) is 4. The minimum Gasteiger partial charge on any atom is -0.497 e. The minimum absolute atomic E-state index is 0.0951. The van der Waals surface area contributed by atoms with Crippen LogP contribution in [0.4, 0.5) is 5.69 Å².